The van der Waals surface area contributed by atoms with Crippen molar-refractivity contribution in [3.05, 3.63) is 52.2 Å². The lowest BCUT2D eigenvalue weighted by Crippen LogP contribution is -2.36. The lowest BCUT2D eigenvalue weighted by Gasteiger charge is -2.35. The van der Waals surface area contributed by atoms with Crippen molar-refractivity contribution in [1.29, 1.82) is 0 Å². The van der Waals surface area contributed by atoms with Crippen LogP contribution in [0.5, 0.6) is 0 Å². The van der Waals surface area contributed by atoms with Gasteiger partial charge in [-0.05, 0) is 68.7 Å². The Morgan fingerprint density at radius 2 is 1.83 bits per heavy atom. The molecular weight excluding hydrogens is 577 g/mol. The molecule has 1 aliphatic heterocycles. The number of carbonyl (C=O) groups excluding carboxylic acids is 2. The first kappa shape index (κ1) is 29.9. The smallest absolute Gasteiger partial charge is 0.323 e. The molecule has 1 spiro atoms. The Kier molecular flexibility index (Phi) is 8.03. The van der Waals surface area contributed by atoms with Crippen LogP contribution in [-0.2, 0) is 19.6 Å². The Morgan fingerprint density at radius 1 is 1.12 bits per heavy atom. The van der Waals surface area contributed by atoms with E-state index in [4.69, 9.17) is 4.74 Å². The second-order valence-corrected chi connectivity index (χ2v) is 13.1. The normalized spacial score (nSPS) is 20.8. The fourth-order valence-electron chi connectivity index (χ4n) is 5.84. The number of halogens is 3. The molecule has 1 amide bonds. The van der Waals surface area contributed by atoms with Crippen LogP contribution in [0.3, 0.4) is 0 Å². The van der Waals surface area contributed by atoms with Crippen molar-refractivity contribution < 1.29 is 35.9 Å². The summed E-state index contributed by atoms with van der Waals surface area (Å²) in [7, 11) is -4.25. The molecule has 2 aliphatic carbocycles. The number of ether oxygens (including phenoxy) is 1. The molecule has 1 aromatic carbocycles. The topological polar surface area (TPSA) is 127 Å². The third-order valence-corrected chi connectivity index (χ3v) is 9.46. The fraction of sp³-hybridized carbons (Fsp3) is 0.536. The van der Waals surface area contributed by atoms with Gasteiger partial charge in [0.2, 0.25) is 15.9 Å². The van der Waals surface area contributed by atoms with Gasteiger partial charge in [0.05, 0.1) is 23.5 Å². The summed E-state index contributed by atoms with van der Waals surface area (Å²) in [6, 6.07) is 4.19. The number of hydrogen-bond donors (Lipinski definition) is 2. The number of anilines is 3. The van der Waals surface area contributed by atoms with Gasteiger partial charge in [-0.1, -0.05) is 0 Å². The number of esters is 1. The molecule has 2 N–H and O–H groups in total. The summed E-state index contributed by atoms with van der Waals surface area (Å²) in [6.07, 6.45) is 4.50. The average molecular weight is 611 g/mol. The van der Waals surface area contributed by atoms with Crippen LogP contribution in [-0.4, -0.2) is 56.2 Å². The monoisotopic (exact) mass is 610 g/mol. The van der Waals surface area contributed by atoms with Crippen LogP contribution >= 0.6 is 0 Å². The van der Waals surface area contributed by atoms with E-state index >= 15 is 4.39 Å². The van der Waals surface area contributed by atoms with Crippen molar-refractivity contribution in [3.8, 4) is 0 Å². The number of benzene rings is 1. The van der Waals surface area contributed by atoms with E-state index in [0.29, 0.717) is 13.1 Å². The summed E-state index contributed by atoms with van der Waals surface area (Å²) in [5.41, 5.74) is -1.08. The van der Waals surface area contributed by atoms with E-state index in [1.165, 1.54) is 31.3 Å². The molecule has 1 saturated heterocycles. The average Bonchev–Trinajstić information content (AvgIpc) is 3.55. The predicted octanol–water partition coefficient (Wildman–Crippen LogP) is 4.29. The van der Waals surface area contributed by atoms with Crippen molar-refractivity contribution in [2.24, 2.45) is 5.41 Å². The van der Waals surface area contributed by atoms with Gasteiger partial charge in [0, 0.05) is 38.2 Å². The summed E-state index contributed by atoms with van der Waals surface area (Å²) >= 11 is 0. The molecule has 1 aromatic heterocycles. The van der Waals surface area contributed by atoms with Crippen molar-refractivity contribution in [2.75, 3.05) is 40.4 Å². The molecule has 0 radical (unpaired) electrons. The Balaban J connectivity index is 1.44. The highest BCUT2D eigenvalue weighted by molar-refractivity contribution is 7.93. The molecule has 3 fully saturated rings. The summed E-state index contributed by atoms with van der Waals surface area (Å²) in [5.74, 6) is -6.81. The second kappa shape index (κ2) is 11.3. The van der Waals surface area contributed by atoms with Crippen molar-refractivity contribution in [3.63, 3.8) is 0 Å². The first-order chi connectivity index (χ1) is 19.8. The summed E-state index contributed by atoms with van der Waals surface area (Å²) in [5, 5.41) is 2.44. The van der Waals surface area contributed by atoms with Crippen LogP contribution in [0.4, 0.5) is 30.2 Å². The zero-order valence-electron chi connectivity index (χ0n) is 23.1. The van der Waals surface area contributed by atoms with E-state index in [1.807, 2.05) is 0 Å². The molecule has 2 aromatic rings. The molecule has 228 valence electrons. The van der Waals surface area contributed by atoms with E-state index in [0.717, 1.165) is 36.3 Å². The Morgan fingerprint density at radius 3 is 2.45 bits per heavy atom. The number of hydrogen-bond acceptors (Lipinski definition) is 7. The number of amides is 1. The maximum Gasteiger partial charge on any atom is 0.323 e. The van der Waals surface area contributed by atoms with Crippen molar-refractivity contribution in [2.45, 2.75) is 63.8 Å². The Labute approximate surface area is 241 Å². The predicted molar refractivity (Wildman–Crippen MR) is 150 cm³/mol. The maximum atomic E-state index is 15.7. The molecule has 42 heavy (non-hydrogen) atoms. The van der Waals surface area contributed by atoms with E-state index in [-0.39, 0.29) is 41.9 Å². The standard InChI is InChI=1S/C28H33F3N4O6S/c1-2-41-23(36)17-42(39,40)33-18-14-20(29)24(22(15-18)34-12-9-27(7-8-27)10-13-34)25(37)32-21-4-3-11-35(26(21)38)19-5-6-28(30,31)16-19/h3-4,11,14-15,19,33H,2,5-10,12-13,16-17H2,1H3,(H,32,37). The molecule has 3 aliphatic rings. The van der Waals surface area contributed by atoms with Crippen LogP contribution in [0.25, 0.3) is 0 Å². The zero-order valence-corrected chi connectivity index (χ0v) is 23.9. The highest BCUT2D eigenvalue weighted by Gasteiger charge is 2.45. The number of aromatic nitrogens is 1. The fourth-order valence-corrected chi connectivity index (χ4v) is 6.78. The Hall–Kier alpha value is -3.55. The van der Waals surface area contributed by atoms with Crippen LogP contribution in [0, 0.1) is 11.2 Å². The number of alkyl halides is 2. The minimum absolute atomic E-state index is 0.00693. The second-order valence-electron chi connectivity index (χ2n) is 11.3. The largest absolute Gasteiger partial charge is 0.465 e. The lowest BCUT2D eigenvalue weighted by molar-refractivity contribution is -0.139. The van der Waals surface area contributed by atoms with Gasteiger partial charge in [-0.15, -0.1) is 0 Å². The van der Waals surface area contributed by atoms with Gasteiger partial charge in [-0.2, -0.15) is 0 Å². The highest BCUT2D eigenvalue weighted by atomic mass is 32.2. The zero-order chi connectivity index (χ0) is 30.3. The van der Waals surface area contributed by atoms with E-state index in [2.05, 4.69) is 10.0 Å². The molecule has 1 unspecified atom stereocenters. The van der Waals surface area contributed by atoms with Crippen molar-refractivity contribution in [1.82, 2.24) is 4.57 Å². The molecule has 1 atom stereocenters. The molecule has 0 bridgehead atoms. The highest BCUT2D eigenvalue weighted by Crippen LogP contribution is 2.54. The first-order valence-corrected chi connectivity index (χ1v) is 15.6. The van der Waals surface area contributed by atoms with Crippen LogP contribution < -0.4 is 20.5 Å². The van der Waals surface area contributed by atoms with Crippen LogP contribution in [0.2, 0.25) is 0 Å². The number of sulfonamides is 1. The third kappa shape index (κ3) is 6.58. The number of piperidine rings is 1. The Bertz CT molecular complexity index is 1550. The number of rotatable bonds is 9. The van der Waals surface area contributed by atoms with Crippen LogP contribution in [0.1, 0.15) is 68.3 Å². The van der Waals surface area contributed by atoms with Gasteiger partial charge in [0.25, 0.3) is 11.5 Å². The van der Waals surface area contributed by atoms with Gasteiger partial charge in [0.1, 0.15) is 11.5 Å². The summed E-state index contributed by atoms with van der Waals surface area (Å²) in [4.78, 5) is 40.1. The minimum Gasteiger partial charge on any atom is -0.465 e. The molecule has 5 rings (SSSR count). The summed E-state index contributed by atoms with van der Waals surface area (Å²) in [6.45, 7) is 2.54. The first-order valence-electron chi connectivity index (χ1n) is 14.0. The lowest BCUT2D eigenvalue weighted by atomic mass is 9.93. The van der Waals surface area contributed by atoms with Crippen molar-refractivity contribution >= 4 is 39.0 Å². The van der Waals surface area contributed by atoms with Gasteiger partial charge in [0.15, 0.2) is 5.75 Å². The maximum absolute atomic E-state index is 15.7. The van der Waals surface area contributed by atoms with E-state index in [1.54, 1.807) is 4.90 Å². The van der Waals surface area contributed by atoms with Gasteiger partial charge >= 0.3 is 5.97 Å². The molecule has 2 saturated carbocycles. The SMILES string of the molecule is CCOC(=O)CS(=O)(=O)Nc1cc(F)c(C(=O)Nc2cccn(C3CCC(F)(F)C3)c2=O)c(N2CCC3(CC2)CC3)c1. The quantitative estimate of drug-likeness (QED) is 0.406. The number of nitrogens with one attached hydrogen (secondary N) is 2. The molecule has 10 nitrogen and oxygen atoms in total. The van der Waals surface area contributed by atoms with Gasteiger partial charge in [-0.3, -0.25) is 19.1 Å². The van der Waals surface area contributed by atoms with E-state index < -0.39 is 63.0 Å². The number of pyridine rings is 1. The molecule has 14 heteroatoms. The minimum atomic E-state index is -4.25. The molecular formula is C28H33F3N4O6S. The van der Waals surface area contributed by atoms with E-state index in [9.17, 15) is 31.6 Å². The number of carbonyl (C=O) groups is 2. The van der Waals surface area contributed by atoms with Gasteiger partial charge in [-0.25, -0.2) is 21.6 Å². The van der Waals surface area contributed by atoms with Crippen LogP contribution in [0.15, 0.2) is 35.3 Å². The molecule has 2 heterocycles. The third-order valence-electron chi connectivity index (χ3n) is 8.30. The van der Waals surface area contributed by atoms with Gasteiger partial charge < -0.3 is 19.5 Å². The summed E-state index contributed by atoms with van der Waals surface area (Å²) < 4.78 is 76.4. The number of nitrogens with zero attached hydrogens (tertiary/aromatic N) is 2.